The molecular formula is C40H41ClN14O4. The Morgan fingerprint density at radius 1 is 0.763 bits per heavy atom. The van der Waals surface area contributed by atoms with Gasteiger partial charge in [-0.25, -0.2) is 29.7 Å². The molecule has 0 unspecified atom stereocenters. The smallest absolute Gasteiger partial charge is 0.323 e. The number of methoxy groups -OCH3 is 1. The van der Waals surface area contributed by atoms with E-state index in [1.54, 1.807) is 23.5 Å². The Kier molecular flexibility index (Phi) is 13.5. The summed E-state index contributed by atoms with van der Waals surface area (Å²) < 4.78 is 15.3. The summed E-state index contributed by atoms with van der Waals surface area (Å²) in [5, 5.41) is 31.2. The van der Waals surface area contributed by atoms with Gasteiger partial charge in [0.1, 0.15) is 40.7 Å². The van der Waals surface area contributed by atoms with Crippen molar-refractivity contribution in [3.05, 3.63) is 95.4 Å². The van der Waals surface area contributed by atoms with Crippen molar-refractivity contribution in [1.82, 2.24) is 40.2 Å². The monoisotopic (exact) mass is 816 g/mol. The van der Waals surface area contributed by atoms with Gasteiger partial charge in [-0.2, -0.15) is 20.5 Å². The second kappa shape index (κ2) is 19.6. The minimum atomic E-state index is -0.200. The van der Waals surface area contributed by atoms with E-state index in [9.17, 15) is 10.1 Å². The third-order valence-corrected chi connectivity index (χ3v) is 9.97. The number of pyridine rings is 1. The fourth-order valence-corrected chi connectivity index (χ4v) is 6.60. The molecule has 3 fully saturated rings. The van der Waals surface area contributed by atoms with Crippen LogP contribution < -0.4 is 30.9 Å². The predicted octanol–water partition coefficient (Wildman–Crippen LogP) is 4.97. The van der Waals surface area contributed by atoms with Crippen LogP contribution in [0.2, 0.25) is 5.28 Å². The van der Waals surface area contributed by atoms with Crippen molar-refractivity contribution in [3.8, 4) is 29.3 Å². The van der Waals surface area contributed by atoms with Gasteiger partial charge in [-0.3, -0.25) is 4.90 Å². The summed E-state index contributed by atoms with van der Waals surface area (Å²) in [6, 6.07) is 18.3. The summed E-state index contributed by atoms with van der Waals surface area (Å²) >= 11 is 5.62. The number of rotatable bonds is 12. The van der Waals surface area contributed by atoms with Gasteiger partial charge < -0.3 is 35.5 Å². The molecule has 59 heavy (non-hydrogen) atoms. The largest absolute Gasteiger partial charge is 0.467 e. The zero-order valence-corrected chi connectivity index (χ0v) is 32.8. The molecule has 302 valence electrons. The van der Waals surface area contributed by atoms with Gasteiger partial charge in [-0.05, 0) is 55.0 Å². The highest BCUT2D eigenvalue weighted by atomic mass is 35.5. The standard InChI is InChI=1S/C32H34N10O3.C8H7ClN4O/c1-44-31-36-17-24(18-37-31)22-7-12-28(34-15-22)42(32(43)38-14-21-5-3-2-4-6-21)27-10-8-25(9-11-27)40-30-35-16-23(13-33)29(41-30)39-26-19-45-20-26;9-8-11-2-5(1-10)7(13-8)12-6-3-14-4-6/h2-7,12,15-18,25-27H,8-11,14,19-20H2,1H3,(H,38,43)(H2,35,39,40,41);2,6H,3-4H2,(H,11,12,13)/t25-,27-;. The molecule has 0 spiro atoms. The molecular weight excluding hydrogens is 776 g/mol. The maximum Gasteiger partial charge on any atom is 0.323 e. The first-order chi connectivity index (χ1) is 28.9. The molecule has 19 heteroatoms. The Labute approximate surface area is 345 Å². The Morgan fingerprint density at radius 3 is 1.97 bits per heavy atom. The number of hydrogen-bond donors (Lipinski definition) is 4. The highest BCUT2D eigenvalue weighted by Gasteiger charge is 2.31. The summed E-state index contributed by atoms with van der Waals surface area (Å²) in [6.07, 6.45) is 11.1. The van der Waals surface area contributed by atoms with Gasteiger partial charge in [0.25, 0.3) is 0 Å². The molecule has 4 N–H and O–H groups in total. The molecule has 2 saturated heterocycles. The fourth-order valence-electron chi connectivity index (χ4n) is 6.47. The molecule has 0 radical (unpaired) electrons. The van der Waals surface area contributed by atoms with E-state index in [0.29, 0.717) is 73.5 Å². The number of amides is 2. The van der Waals surface area contributed by atoms with Crippen molar-refractivity contribution in [2.75, 3.05) is 54.4 Å². The highest BCUT2D eigenvalue weighted by molar-refractivity contribution is 6.28. The first-order valence-corrected chi connectivity index (χ1v) is 19.3. The van der Waals surface area contributed by atoms with Gasteiger partial charge in [0.15, 0.2) is 0 Å². The average Bonchev–Trinajstić information content (AvgIpc) is 3.24. The normalized spacial score (nSPS) is 17.3. The van der Waals surface area contributed by atoms with Crippen molar-refractivity contribution in [3.63, 3.8) is 0 Å². The van der Waals surface area contributed by atoms with E-state index >= 15 is 0 Å². The molecule has 5 aromatic rings. The lowest BCUT2D eigenvalue weighted by Crippen LogP contribution is -2.49. The molecule has 1 aliphatic carbocycles. The Morgan fingerprint density at radius 2 is 1.39 bits per heavy atom. The third-order valence-electron chi connectivity index (χ3n) is 9.79. The van der Waals surface area contributed by atoms with Gasteiger partial charge in [-0.1, -0.05) is 30.3 Å². The number of nitriles is 2. The number of nitrogens with one attached hydrogen (secondary N) is 4. The second-order valence-electron chi connectivity index (χ2n) is 13.9. The van der Waals surface area contributed by atoms with Crippen molar-refractivity contribution < 1.29 is 19.0 Å². The number of anilines is 4. The number of carbonyl (C=O) groups excluding carboxylic acids is 1. The van der Waals surface area contributed by atoms with Gasteiger partial charge in [0, 0.05) is 48.3 Å². The highest BCUT2D eigenvalue weighted by Crippen LogP contribution is 2.30. The number of nitrogens with zero attached hydrogens (tertiary/aromatic N) is 10. The van der Waals surface area contributed by atoms with Crippen molar-refractivity contribution in [1.29, 1.82) is 10.5 Å². The second-order valence-corrected chi connectivity index (χ2v) is 14.2. The van der Waals surface area contributed by atoms with Crippen LogP contribution in [0, 0.1) is 22.7 Å². The molecule has 8 rings (SSSR count). The number of aromatic nitrogens is 7. The van der Waals surface area contributed by atoms with Crippen LogP contribution in [0.5, 0.6) is 6.01 Å². The molecule has 18 nitrogen and oxygen atoms in total. The van der Waals surface area contributed by atoms with Gasteiger partial charge in [0.05, 0.1) is 58.0 Å². The minimum absolute atomic E-state index is 0.0563. The molecule has 1 saturated carbocycles. The van der Waals surface area contributed by atoms with E-state index < -0.39 is 0 Å². The molecule has 2 amide bonds. The van der Waals surface area contributed by atoms with E-state index in [1.807, 2.05) is 48.5 Å². The SMILES string of the molecule is COc1ncc(-c2ccc(N(C(=O)NCc3ccccc3)[C@H]3CC[C@H](Nc4ncc(C#N)c(NC5COC5)n4)CC3)nc2)cn1.N#Cc1cnc(Cl)nc1NC1COC1. The molecule has 3 aliphatic rings. The Hall–Kier alpha value is -6.73. The van der Waals surface area contributed by atoms with Crippen LogP contribution >= 0.6 is 11.6 Å². The van der Waals surface area contributed by atoms with E-state index in [2.05, 4.69) is 57.2 Å². The predicted molar refractivity (Wildman–Crippen MR) is 218 cm³/mol. The lowest BCUT2D eigenvalue weighted by atomic mass is 9.90. The fraction of sp³-hybridized carbons (Fsp3) is 0.350. The van der Waals surface area contributed by atoms with Crippen LogP contribution in [-0.4, -0.2) is 98.6 Å². The van der Waals surface area contributed by atoms with E-state index in [4.69, 9.17) is 36.1 Å². The summed E-state index contributed by atoms with van der Waals surface area (Å²) in [4.78, 5) is 45.1. The number of hydrogen-bond acceptors (Lipinski definition) is 16. The molecule has 0 atom stereocenters. The van der Waals surface area contributed by atoms with Crippen LogP contribution in [-0.2, 0) is 16.0 Å². The van der Waals surface area contributed by atoms with Crippen molar-refractivity contribution in [2.24, 2.45) is 0 Å². The molecule has 6 heterocycles. The summed E-state index contributed by atoms with van der Waals surface area (Å²) in [5.41, 5.74) is 3.43. The molecule has 1 aromatic carbocycles. The average molecular weight is 817 g/mol. The number of benzene rings is 1. The topological polar surface area (TPSA) is 234 Å². The summed E-state index contributed by atoms with van der Waals surface area (Å²) in [7, 11) is 1.52. The maximum absolute atomic E-state index is 13.7. The lowest BCUT2D eigenvalue weighted by Gasteiger charge is -2.36. The first kappa shape index (κ1) is 40.5. The minimum Gasteiger partial charge on any atom is -0.467 e. The quantitative estimate of drug-likeness (QED) is 0.122. The maximum atomic E-state index is 13.7. The number of carbonyl (C=O) groups is 1. The summed E-state index contributed by atoms with van der Waals surface area (Å²) in [5.74, 6) is 2.02. The van der Waals surface area contributed by atoms with Gasteiger partial charge >= 0.3 is 12.0 Å². The van der Waals surface area contributed by atoms with E-state index in [1.165, 1.54) is 19.5 Å². The van der Waals surface area contributed by atoms with Crippen LogP contribution in [0.15, 0.2) is 73.4 Å². The van der Waals surface area contributed by atoms with Crippen LogP contribution in [0.1, 0.15) is 42.4 Å². The molecule has 4 aromatic heterocycles. The zero-order chi connectivity index (χ0) is 41.0. The Balaban J connectivity index is 0.000000317. The number of ether oxygens (including phenoxy) is 3. The first-order valence-electron chi connectivity index (χ1n) is 19.0. The van der Waals surface area contributed by atoms with Crippen LogP contribution in [0.25, 0.3) is 11.1 Å². The van der Waals surface area contributed by atoms with Crippen LogP contribution in [0.4, 0.5) is 28.2 Å². The van der Waals surface area contributed by atoms with Crippen molar-refractivity contribution in [2.45, 2.75) is 56.4 Å². The Bertz CT molecular complexity index is 2260. The van der Waals surface area contributed by atoms with Gasteiger partial charge in [0.2, 0.25) is 11.2 Å². The van der Waals surface area contributed by atoms with E-state index in [-0.39, 0.29) is 35.5 Å². The number of urea groups is 1. The lowest BCUT2D eigenvalue weighted by molar-refractivity contribution is 0.0209. The number of halogens is 1. The summed E-state index contributed by atoms with van der Waals surface area (Å²) in [6.45, 7) is 2.85. The zero-order valence-electron chi connectivity index (χ0n) is 32.1. The van der Waals surface area contributed by atoms with Crippen LogP contribution in [0.3, 0.4) is 0 Å². The third kappa shape index (κ3) is 10.6. The molecule has 0 bridgehead atoms. The van der Waals surface area contributed by atoms with Crippen molar-refractivity contribution >= 4 is 41.0 Å². The van der Waals surface area contributed by atoms with E-state index in [0.717, 1.165) is 42.4 Å². The molecule has 2 aliphatic heterocycles. The van der Waals surface area contributed by atoms with Gasteiger partial charge in [-0.15, -0.1) is 0 Å².